The fourth-order valence-corrected chi connectivity index (χ4v) is 4.54. The summed E-state index contributed by atoms with van der Waals surface area (Å²) in [5.41, 5.74) is 6.54. The molecular formula is C23H24Cl2N4. The van der Waals surface area contributed by atoms with Gasteiger partial charge < -0.3 is 10.6 Å². The van der Waals surface area contributed by atoms with Crippen molar-refractivity contribution in [3.8, 4) is 11.3 Å². The van der Waals surface area contributed by atoms with Gasteiger partial charge >= 0.3 is 0 Å². The Balaban J connectivity index is 1.69. The molecule has 0 radical (unpaired) electrons. The van der Waals surface area contributed by atoms with Crippen LogP contribution in [0.3, 0.4) is 0 Å². The molecule has 0 spiro atoms. The molecule has 2 heterocycles. The second-order valence-corrected chi connectivity index (χ2v) is 9.23. The van der Waals surface area contributed by atoms with E-state index in [2.05, 4.69) is 55.4 Å². The molecule has 0 amide bonds. The van der Waals surface area contributed by atoms with Gasteiger partial charge in [-0.2, -0.15) is 0 Å². The molecule has 2 aromatic carbocycles. The monoisotopic (exact) mass is 426 g/mol. The van der Waals surface area contributed by atoms with E-state index < -0.39 is 0 Å². The Morgan fingerprint density at radius 2 is 1.93 bits per heavy atom. The van der Waals surface area contributed by atoms with Crippen LogP contribution in [0.25, 0.3) is 11.3 Å². The second kappa shape index (κ2) is 7.51. The van der Waals surface area contributed by atoms with Crippen molar-refractivity contribution >= 4 is 40.5 Å². The van der Waals surface area contributed by atoms with E-state index in [1.54, 1.807) is 18.3 Å². The summed E-state index contributed by atoms with van der Waals surface area (Å²) in [7, 11) is 0. The molecule has 0 aliphatic carbocycles. The fourth-order valence-electron chi connectivity index (χ4n) is 4.09. The van der Waals surface area contributed by atoms with Crippen molar-refractivity contribution in [3.63, 3.8) is 0 Å². The van der Waals surface area contributed by atoms with Crippen LogP contribution in [0.1, 0.15) is 44.2 Å². The lowest BCUT2D eigenvalue weighted by Crippen LogP contribution is -2.36. The first kappa shape index (κ1) is 20.0. The first-order valence-electron chi connectivity index (χ1n) is 9.70. The zero-order valence-corrected chi connectivity index (χ0v) is 18.5. The minimum atomic E-state index is 0.101. The van der Waals surface area contributed by atoms with Crippen LogP contribution in [0.2, 0.25) is 10.0 Å². The van der Waals surface area contributed by atoms with Crippen LogP contribution in [0, 0.1) is 6.92 Å². The number of halogens is 2. The van der Waals surface area contributed by atoms with Gasteiger partial charge in [-0.1, -0.05) is 30.1 Å². The molecule has 4 nitrogen and oxygen atoms in total. The highest BCUT2D eigenvalue weighted by molar-refractivity contribution is 6.36. The summed E-state index contributed by atoms with van der Waals surface area (Å²) < 4.78 is 0. The first-order chi connectivity index (χ1) is 13.7. The number of hydrogen-bond donors (Lipinski definition) is 2. The van der Waals surface area contributed by atoms with Crippen LogP contribution >= 0.6 is 23.2 Å². The molecule has 2 N–H and O–H groups in total. The zero-order valence-electron chi connectivity index (χ0n) is 17.0. The maximum atomic E-state index is 6.27. The lowest BCUT2D eigenvalue weighted by molar-refractivity contribution is 0.454. The Kier molecular flexibility index (Phi) is 5.18. The van der Waals surface area contributed by atoms with Gasteiger partial charge in [0.2, 0.25) is 5.95 Å². The van der Waals surface area contributed by atoms with Gasteiger partial charge in [0.15, 0.2) is 0 Å². The molecule has 1 aromatic heterocycles. The summed E-state index contributed by atoms with van der Waals surface area (Å²) in [6.07, 6.45) is 2.85. The second-order valence-electron chi connectivity index (χ2n) is 8.38. The molecular weight excluding hydrogens is 403 g/mol. The molecule has 1 aliphatic rings. The molecule has 0 fully saturated rings. The molecule has 150 valence electrons. The van der Waals surface area contributed by atoms with Crippen LogP contribution in [0.4, 0.5) is 17.3 Å². The summed E-state index contributed by atoms with van der Waals surface area (Å²) in [6.45, 7) is 8.91. The van der Waals surface area contributed by atoms with Gasteiger partial charge in [-0.25, -0.2) is 9.97 Å². The normalized spacial score (nSPS) is 17.4. The average molecular weight is 427 g/mol. The Labute approximate surface area is 181 Å². The third kappa shape index (κ3) is 4.19. The minimum absolute atomic E-state index is 0.101. The number of anilines is 3. The van der Waals surface area contributed by atoms with Gasteiger partial charge in [0.05, 0.1) is 16.4 Å². The highest BCUT2D eigenvalue weighted by Crippen LogP contribution is 2.41. The van der Waals surface area contributed by atoms with Crippen LogP contribution in [0.5, 0.6) is 0 Å². The smallest absolute Gasteiger partial charge is 0.227 e. The Morgan fingerprint density at radius 1 is 1.14 bits per heavy atom. The molecule has 1 aliphatic heterocycles. The number of hydrogen-bond acceptors (Lipinski definition) is 4. The van der Waals surface area contributed by atoms with Crippen LogP contribution in [0.15, 0.2) is 42.6 Å². The van der Waals surface area contributed by atoms with Gasteiger partial charge in [-0.05, 0) is 80.6 Å². The van der Waals surface area contributed by atoms with Crippen LogP contribution < -0.4 is 10.6 Å². The van der Waals surface area contributed by atoms with Crippen molar-refractivity contribution < 1.29 is 0 Å². The quantitative estimate of drug-likeness (QED) is 0.464. The van der Waals surface area contributed by atoms with Gasteiger partial charge in [-0.15, -0.1) is 0 Å². The van der Waals surface area contributed by atoms with Crippen molar-refractivity contribution in [1.82, 2.24) is 9.97 Å². The van der Waals surface area contributed by atoms with Crippen LogP contribution in [-0.2, 0) is 0 Å². The number of nitrogens with zero attached hydrogens (tertiary/aromatic N) is 2. The zero-order chi connectivity index (χ0) is 20.8. The van der Waals surface area contributed by atoms with Crippen molar-refractivity contribution in [3.05, 3.63) is 63.8 Å². The molecule has 0 bridgehead atoms. The Morgan fingerprint density at radius 3 is 2.69 bits per heavy atom. The Hall–Kier alpha value is -2.30. The van der Waals surface area contributed by atoms with Gasteiger partial charge in [0, 0.05) is 28.0 Å². The number of fused-ring (bicyclic) bond motifs is 1. The fraction of sp³-hybridized carbons (Fsp3) is 0.304. The largest absolute Gasteiger partial charge is 0.380 e. The first-order valence-corrected chi connectivity index (χ1v) is 10.5. The summed E-state index contributed by atoms with van der Waals surface area (Å²) in [5.74, 6) is 0.976. The van der Waals surface area contributed by atoms with Crippen molar-refractivity contribution in [2.24, 2.45) is 0 Å². The molecule has 6 heteroatoms. The molecule has 0 unspecified atom stereocenters. The van der Waals surface area contributed by atoms with E-state index in [-0.39, 0.29) is 5.54 Å². The third-order valence-corrected chi connectivity index (χ3v) is 5.87. The predicted octanol–water partition coefficient (Wildman–Crippen LogP) is 7.20. The molecule has 0 saturated heterocycles. The van der Waals surface area contributed by atoms with Gasteiger partial charge in [0.25, 0.3) is 0 Å². The lowest BCUT2D eigenvalue weighted by atomic mass is 9.80. The van der Waals surface area contributed by atoms with Crippen molar-refractivity contribution in [1.29, 1.82) is 0 Å². The van der Waals surface area contributed by atoms with E-state index in [9.17, 15) is 0 Å². The van der Waals surface area contributed by atoms with Crippen molar-refractivity contribution in [2.45, 2.75) is 45.6 Å². The standard InChI is InChI=1S/C23H24Cl2N4/c1-13-9-21-17(14(2)12-23(3,4)29-21)11-16(13)19-7-8-26-22(27-19)28-20-6-5-15(24)10-18(20)25/h5-11,14,29H,12H2,1-4H3,(H,26,27,28)/t14-/m0/s1. The molecule has 29 heavy (non-hydrogen) atoms. The van der Waals surface area contributed by atoms with Crippen molar-refractivity contribution in [2.75, 3.05) is 10.6 Å². The summed E-state index contributed by atoms with van der Waals surface area (Å²) >= 11 is 12.3. The molecule has 0 saturated carbocycles. The minimum Gasteiger partial charge on any atom is -0.380 e. The van der Waals surface area contributed by atoms with E-state index in [4.69, 9.17) is 28.2 Å². The maximum Gasteiger partial charge on any atom is 0.227 e. The van der Waals surface area contributed by atoms with E-state index in [1.165, 1.54) is 16.8 Å². The molecule has 3 aromatic rings. The highest BCUT2D eigenvalue weighted by atomic mass is 35.5. The van der Waals surface area contributed by atoms with E-state index >= 15 is 0 Å². The van der Waals surface area contributed by atoms with E-state index in [1.807, 2.05) is 12.1 Å². The average Bonchev–Trinajstić information content (AvgIpc) is 2.63. The lowest BCUT2D eigenvalue weighted by Gasteiger charge is -2.38. The maximum absolute atomic E-state index is 6.27. The number of nitrogens with one attached hydrogen (secondary N) is 2. The van der Waals surface area contributed by atoms with Gasteiger partial charge in [-0.3, -0.25) is 0 Å². The van der Waals surface area contributed by atoms with Crippen LogP contribution in [-0.4, -0.2) is 15.5 Å². The van der Waals surface area contributed by atoms with E-state index in [0.717, 1.165) is 23.4 Å². The molecule has 4 rings (SSSR count). The predicted molar refractivity (Wildman–Crippen MR) is 123 cm³/mol. The summed E-state index contributed by atoms with van der Waals surface area (Å²) in [5, 5.41) is 7.97. The Bertz CT molecular complexity index is 1080. The highest BCUT2D eigenvalue weighted by Gasteiger charge is 2.29. The number of aromatic nitrogens is 2. The number of benzene rings is 2. The molecule has 1 atom stereocenters. The van der Waals surface area contributed by atoms with Gasteiger partial charge in [0.1, 0.15) is 0 Å². The summed E-state index contributed by atoms with van der Waals surface area (Å²) in [6, 6.07) is 11.7. The topological polar surface area (TPSA) is 49.8 Å². The number of rotatable bonds is 3. The third-order valence-electron chi connectivity index (χ3n) is 5.33. The number of aryl methyl sites for hydroxylation is 1. The summed E-state index contributed by atoms with van der Waals surface area (Å²) in [4.78, 5) is 9.08. The SMILES string of the molecule is Cc1cc2c(cc1-c1ccnc(Nc3ccc(Cl)cc3Cl)n1)[C@@H](C)CC(C)(C)N2. The van der Waals surface area contributed by atoms with E-state index in [0.29, 0.717) is 21.9 Å².